The lowest BCUT2D eigenvalue weighted by molar-refractivity contribution is -0.118. The first-order valence-electron chi connectivity index (χ1n) is 6.34. The van der Waals surface area contributed by atoms with Crippen LogP contribution >= 0.6 is 57.6 Å². The Morgan fingerprint density at radius 1 is 1.26 bits per heavy atom. The molecule has 0 aliphatic rings. The second-order valence-corrected chi connectivity index (χ2v) is 7.45. The van der Waals surface area contributed by atoms with Crippen LogP contribution in [0, 0.1) is 3.57 Å². The average molecular weight is 481 g/mol. The summed E-state index contributed by atoms with van der Waals surface area (Å²) < 4.78 is 0.612. The maximum Gasteiger partial charge on any atom is 0.250 e. The van der Waals surface area contributed by atoms with E-state index < -0.39 is 0 Å². The van der Waals surface area contributed by atoms with Gasteiger partial charge in [0.1, 0.15) is 5.75 Å². The predicted molar refractivity (Wildman–Crippen MR) is 104 cm³/mol. The van der Waals surface area contributed by atoms with Gasteiger partial charge in [-0.15, -0.1) is 11.8 Å². The topological polar surface area (TPSA) is 61.7 Å². The number of phenolic OH excluding ortho intramolecular Hbond substituents is 1. The average Bonchev–Trinajstić information content (AvgIpc) is 2.51. The van der Waals surface area contributed by atoms with Crippen LogP contribution in [0.1, 0.15) is 5.56 Å². The lowest BCUT2D eigenvalue weighted by Gasteiger charge is -2.03. The van der Waals surface area contributed by atoms with Crippen LogP contribution in [0.15, 0.2) is 46.4 Å². The van der Waals surface area contributed by atoms with E-state index in [0.29, 0.717) is 19.2 Å². The Morgan fingerprint density at radius 3 is 2.65 bits per heavy atom. The highest BCUT2D eigenvalue weighted by Gasteiger charge is 2.06. The number of hydrogen-bond donors (Lipinski definition) is 2. The second kappa shape index (κ2) is 8.77. The smallest absolute Gasteiger partial charge is 0.250 e. The normalized spacial score (nSPS) is 10.9. The number of nitrogens with one attached hydrogen (secondary N) is 1. The van der Waals surface area contributed by atoms with Crippen molar-refractivity contribution in [3.63, 3.8) is 0 Å². The zero-order chi connectivity index (χ0) is 16.8. The highest BCUT2D eigenvalue weighted by Crippen LogP contribution is 2.27. The number of rotatable bonds is 5. The molecule has 0 fully saturated rings. The van der Waals surface area contributed by atoms with E-state index in [2.05, 4.69) is 10.5 Å². The predicted octanol–water partition coefficient (Wildman–Crippen LogP) is 4.55. The van der Waals surface area contributed by atoms with Crippen LogP contribution in [-0.2, 0) is 4.79 Å². The number of nitrogens with zero attached hydrogens (tertiary/aromatic N) is 1. The van der Waals surface area contributed by atoms with Gasteiger partial charge in [0.15, 0.2) is 0 Å². The largest absolute Gasteiger partial charge is 0.506 e. The molecular formula is C15H11Cl2IN2O2S. The molecule has 0 heterocycles. The van der Waals surface area contributed by atoms with E-state index in [1.807, 2.05) is 34.7 Å². The molecule has 2 aromatic rings. The quantitative estimate of drug-likeness (QED) is 0.285. The molecule has 0 aliphatic carbocycles. The summed E-state index contributed by atoms with van der Waals surface area (Å²) in [5.41, 5.74) is 2.84. The van der Waals surface area contributed by atoms with Gasteiger partial charge in [0.25, 0.3) is 0 Å². The molecule has 4 nitrogen and oxygen atoms in total. The zero-order valence-corrected chi connectivity index (χ0v) is 16.1. The van der Waals surface area contributed by atoms with Gasteiger partial charge in [-0.2, -0.15) is 5.10 Å². The second-order valence-electron chi connectivity index (χ2n) is 4.36. The number of benzene rings is 2. The van der Waals surface area contributed by atoms with E-state index in [4.69, 9.17) is 23.2 Å². The van der Waals surface area contributed by atoms with Gasteiger partial charge in [0.05, 0.1) is 15.5 Å². The van der Waals surface area contributed by atoms with Gasteiger partial charge in [-0.25, -0.2) is 5.43 Å². The first-order chi connectivity index (χ1) is 11.0. The lowest BCUT2D eigenvalue weighted by atomic mass is 10.2. The lowest BCUT2D eigenvalue weighted by Crippen LogP contribution is -2.19. The number of halogens is 3. The molecule has 0 saturated heterocycles. The summed E-state index contributed by atoms with van der Waals surface area (Å²) in [7, 11) is 0. The third-order valence-electron chi connectivity index (χ3n) is 2.63. The van der Waals surface area contributed by atoms with Crippen molar-refractivity contribution in [2.75, 3.05) is 5.75 Å². The number of carbonyl (C=O) groups excluding carboxylic acids is 1. The van der Waals surface area contributed by atoms with Gasteiger partial charge >= 0.3 is 0 Å². The molecule has 0 radical (unpaired) electrons. The van der Waals surface area contributed by atoms with Gasteiger partial charge in [-0.1, -0.05) is 23.2 Å². The van der Waals surface area contributed by atoms with Crippen molar-refractivity contribution < 1.29 is 9.90 Å². The Balaban J connectivity index is 1.88. The van der Waals surface area contributed by atoms with Gasteiger partial charge in [-0.3, -0.25) is 4.79 Å². The molecule has 0 saturated carbocycles. The van der Waals surface area contributed by atoms with E-state index in [9.17, 15) is 9.90 Å². The molecule has 120 valence electrons. The third-order valence-corrected chi connectivity index (χ3v) is 4.94. The Kier molecular flexibility index (Phi) is 7.01. The summed E-state index contributed by atoms with van der Waals surface area (Å²) in [6.07, 6.45) is 1.36. The molecule has 2 rings (SSSR count). The van der Waals surface area contributed by atoms with Crippen molar-refractivity contribution in [3.05, 3.63) is 55.6 Å². The fourth-order valence-electron chi connectivity index (χ4n) is 1.57. The number of aromatic hydroxyl groups is 1. The third kappa shape index (κ3) is 5.87. The summed E-state index contributed by atoms with van der Waals surface area (Å²) in [5.74, 6) is 0.0406. The minimum atomic E-state index is -0.252. The molecular weight excluding hydrogens is 470 g/mol. The standard InChI is InChI=1S/C15H11Cl2IN2O2S/c16-10-1-3-12(4-2-10)23-8-14(21)20-19-7-9-5-11(17)6-13(18)15(9)22/h1-7,22H,8H2,(H,20,21)/b19-7-. The van der Waals surface area contributed by atoms with Crippen molar-refractivity contribution in [3.8, 4) is 5.75 Å². The highest BCUT2D eigenvalue weighted by atomic mass is 127. The number of hydrogen-bond acceptors (Lipinski definition) is 4. The molecule has 1 amide bonds. The Hall–Kier alpha value is -0.960. The number of carbonyl (C=O) groups is 1. The molecule has 23 heavy (non-hydrogen) atoms. The molecule has 0 atom stereocenters. The van der Waals surface area contributed by atoms with Crippen LogP contribution in [0.5, 0.6) is 5.75 Å². The minimum absolute atomic E-state index is 0.0727. The van der Waals surface area contributed by atoms with Crippen molar-refractivity contribution in [1.82, 2.24) is 5.43 Å². The van der Waals surface area contributed by atoms with Crippen LogP contribution in [0.3, 0.4) is 0 Å². The zero-order valence-electron chi connectivity index (χ0n) is 11.6. The van der Waals surface area contributed by atoms with Gasteiger partial charge in [0.2, 0.25) is 5.91 Å². The van der Waals surface area contributed by atoms with Crippen molar-refractivity contribution >= 4 is 69.7 Å². The van der Waals surface area contributed by atoms with Crippen LogP contribution in [0.2, 0.25) is 10.0 Å². The van der Waals surface area contributed by atoms with E-state index in [1.54, 1.807) is 24.3 Å². The first kappa shape index (κ1) is 18.4. The van der Waals surface area contributed by atoms with Gasteiger partial charge < -0.3 is 5.11 Å². The van der Waals surface area contributed by atoms with Crippen LogP contribution in [0.4, 0.5) is 0 Å². The first-order valence-corrected chi connectivity index (χ1v) is 9.16. The molecule has 2 aromatic carbocycles. The SMILES string of the molecule is O=C(CSc1ccc(Cl)cc1)N/N=C\c1cc(Cl)cc(I)c1O. The highest BCUT2D eigenvalue weighted by molar-refractivity contribution is 14.1. The fourth-order valence-corrected chi connectivity index (χ4v) is 3.44. The maximum atomic E-state index is 11.7. The van der Waals surface area contributed by atoms with E-state index in [-0.39, 0.29) is 17.4 Å². The molecule has 0 unspecified atom stereocenters. The molecule has 0 bridgehead atoms. The van der Waals surface area contributed by atoms with Gasteiger partial charge in [-0.05, 0) is 59.0 Å². The Morgan fingerprint density at radius 2 is 1.96 bits per heavy atom. The number of amides is 1. The van der Waals surface area contributed by atoms with E-state index in [1.165, 1.54) is 18.0 Å². The molecule has 2 N–H and O–H groups in total. The number of thioether (sulfide) groups is 1. The maximum absolute atomic E-state index is 11.7. The Bertz CT molecular complexity index is 739. The number of phenols is 1. The van der Waals surface area contributed by atoms with Crippen LogP contribution in [-0.4, -0.2) is 23.0 Å². The monoisotopic (exact) mass is 480 g/mol. The summed E-state index contributed by atoms with van der Waals surface area (Å²) in [4.78, 5) is 12.7. The van der Waals surface area contributed by atoms with E-state index in [0.717, 1.165) is 4.90 Å². The Labute approximate surface area is 161 Å². The molecule has 0 spiro atoms. The van der Waals surface area contributed by atoms with Crippen LogP contribution in [0.25, 0.3) is 0 Å². The van der Waals surface area contributed by atoms with Crippen molar-refractivity contribution in [2.45, 2.75) is 4.90 Å². The molecule has 8 heteroatoms. The summed E-state index contributed by atoms with van der Waals surface area (Å²) in [5, 5.41) is 14.8. The summed E-state index contributed by atoms with van der Waals surface area (Å²) >= 11 is 15.1. The minimum Gasteiger partial charge on any atom is -0.506 e. The molecule has 0 aliphatic heterocycles. The van der Waals surface area contributed by atoms with E-state index >= 15 is 0 Å². The number of hydrazone groups is 1. The van der Waals surface area contributed by atoms with Crippen molar-refractivity contribution in [1.29, 1.82) is 0 Å². The molecule has 0 aromatic heterocycles. The summed E-state index contributed by atoms with van der Waals surface area (Å²) in [6, 6.07) is 10.4. The van der Waals surface area contributed by atoms with Crippen molar-refractivity contribution in [2.24, 2.45) is 5.10 Å². The fraction of sp³-hybridized carbons (Fsp3) is 0.0667. The summed E-state index contributed by atoms with van der Waals surface area (Å²) in [6.45, 7) is 0. The van der Waals surface area contributed by atoms with Crippen LogP contribution < -0.4 is 5.43 Å². The van der Waals surface area contributed by atoms with Gasteiger partial charge in [0, 0.05) is 20.5 Å².